The molecule has 1 N–H and O–H groups in total. The zero-order valence-electron chi connectivity index (χ0n) is 11.1. The Morgan fingerprint density at radius 1 is 1.32 bits per heavy atom. The van der Waals surface area contributed by atoms with E-state index in [9.17, 15) is 14.7 Å². The number of carbonyl (C=O) groups excluding carboxylic acids is 2. The van der Waals surface area contributed by atoms with E-state index in [1.54, 1.807) is 23.1 Å². The molecule has 0 aliphatic carbocycles. The molecule has 0 bridgehead atoms. The van der Waals surface area contributed by atoms with Crippen LogP contribution in [0.4, 0.5) is 0 Å². The van der Waals surface area contributed by atoms with Crippen LogP contribution in [0.15, 0.2) is 24.3 Å². The summed E-state index contributed by atoms with van der Waals surface area (Å²) in [7, 11) is 0. The van der Waals surface area contributed by atoms with Gasteiger partial charge in [0.05, 0.1) is 0 Å². The summed E-state index contributed by atoms with van der Waals surface area (Å²) in [6.45, 7) is 3.11. The van der Waals surface area contributed by atoms with Gasteiger partial charge in [-0.05, 0) is 31.0 Å². The molecular formula is C15H19NO3. The lowest BCUT2D eigenvalue weighted by atomic mass is 9.91. The molecule has 1 fully saturated rings. The Kier molecular flexibility index (Phi) is 4.20. The summed E-state index contributed by atoms with van der Waals surface area (Å²) in [5.74, 6) is 0.433. The molecule has 1 aliphatic rings. The summed E-state index contributed by atoms with van der Waals surface area (Å²) in [6.07, 6.45) is 2.07. The number of hydrogen-bond acceptors (Lipinski definition) is 3. The number of benzene rings is 1. The van der Waals surface area contributed by atoms with Crippen molar-refractivity contribution in [1.82, 2.24) is 4.90 Å². The minimum absolute atomic E-state index is 0.0710. The smallest absolute Gasteiger partial charge is 0.253 e. The third kappa shape index (κ3) is 3.13. The number of Topliss-reactive ketones (excluding diaryl/α,β-unsaturated/α-hetero) is 1. The molecule has 0 aromatic heterocycles. The van der Waals surface area contributed by atoms with Crippen molar-refractivity contribution in [3.05, 3.63) is 29.8 Å². The van der Waals surface area contributed by atoms with E-state index in [1.165, 1.54) is 6.07 Å². The highest BCUT2D eigenvalue weighted by atomic mass is 16.3. The lowest BCUT2D eigenvalue weighted by molar-refractivity contribution is -0.123. The van der Waals surface area contributed by atoms with Crippen molar-refractivity contribution in [2.24, 2.45) is 5.92 Å². The maximum absolute atomic E-state index is 12.2. The Morgan fingerprint density at radius 2 is 2.00 bits per heavy atom. The summed E-state index contributed by atoms with van der Waals surface area (Å²) in [6, 6.07) is 6.38. The van der Waals surface area contributed by atoms with Gasteiger partial charge in [-0.1, -0.05) is 13.0 Å². The molecule has 0 saturated carbocycles. The van der Waals surface area contributed by atoms with E-state index < -0.39 is 0 Å². The van der Waals surface area contributed by atoms with Crippen molar-refractivity contribution in [1.29, 1.82) is 0 Å². The van der Waals surface area contributed by atoms with Crippen molar-refractivity contribution >= 4 is 11.7 Å². The second kappa shape index (κ2) is 5.87. The first-order valence-electron chi connectivity index (χ1n) is 6.73. The molecule has 4 heteroatoms. The number of aromatic hydroxyl groups is 1. The van der Waals surface area contributed by atoms with E-state index in [0.717, 1.165) is 12.8 Å². The molecular weight excluding hydrogens is 242 g/mol. The SMILES string of the molecule is CCC(=O)C1CCN(C(=O)c2cccc(O)c2)CC1. The van der Waals surface area contributed by atoms with Gasteiger partial charge in [-0.3, -0.25) is 9.59 Å². The molecule has 1 aromatic carbocycles. The molecule has 0 unspecified atom stereocenters. The van der Waals surface area contributed by atoms with E-state index in [0.29, 0.717) is 30.9 Å². The summed E-state index contributed by atoms with van der Waals surface area (Å²) in [4.78, 5) is 25.6. The van der Waals surface area contributed by atoms with Crippen molar-refractivity contribution in [3.63, 3.8) is 0 Å². The molecule has 4 nitrogen and oxygen atoms in total. The van der Waals surface area contributed by atoms with Gasteiger partial charge in [0.15, 0.2) is 0 Å². The highest BCUT2D eigenvalue weighted by molar-refractivity contribution is 5.94. The van der Waals surface area contributed by atoms with Gasteiger partial charge in [-0.2, -0.15) is 0 Å². The monoisotopic (exact) mass is 261 g/mol. The topological polar surface area (TPSA) is 57.6 Å². The normalized spacial score (nSPS) is 16.4. The van der Waals surface area contributed by atoms with Crippen LogP contribution < -0.4 is 0 Å². The number of phenols is 1. The number of piperidine rings is 1. The number of carbonyl (C=O) groups is 2. The average molecular weight is 261 g/mol. The fraction of sp³-hybridized carbons (Fsp3) is 0.467. The Labute approximate surface area is 113 Å². The molecule has 19 heavy (non-hydrogen) atoms. The number of hydrogen-bond donors (Lipinski definition) is 1. The van der Waals surface area contributed by atoms with Gasteiger partial charge in [0.1, 0.15) is 11.5 Å². The van der Waals surface area contributed by atoms with Crippen LogP contribution in [-0.4, -0.2) is 34.8 Å². The zero-order chi connectivity index (χ0) is 13.8. The molecule has 0 radical (unpaired) electrons. The van der Waals surface area contributed by atoms with Crippen LogP contribution >= 0.6 is 0 Å². The molecule has 0 atom stereocenters. The van der Waals surface area contributed by atoms with Gasteiger partial charge in [0.2, 0.25) is 0 Å². The molecule has 102 valence electrons. The van der Waals surface area contributed by atoms with E-state index in [-0.39, 0.29) is 17.6 Å². The van der Waals surface area contributed by atoms with Crippen LogP contribution in [-0.2, 0) is 4.79 Å². The van der Waals surface area contributed by atoms with Gasteiger partial charge in [-0.25, -0.2) is 0 Å². The average Bonchev–Trinajstić information content (AvgIpc) is 2.46. The number of nitrogens with zero attached hydrogens (tertiary/aromatic N) is 1. The van der Waals surface area contributed by atoms with Gasteiger partial charge in [-0.15, -0.1) is 0 Å². The van der Waals surface area contributed by atoms with Crippen molar-refractivity contribution in [2.75, 3.05) is 13.1 Å². The van der Waals surface area contributed by atoms with Crippen molar-refractivity contribution in [3.8, 4) is 5.75 Å². The highest BCUT2D eigenvalue weighted by Crippen LogP contribution is 2.21. The number of likely N-dealkylation sites (tertiary alicyclic amines) is 1. The maximum atomic E-state index is 12.2. The van der Waals surface area contributed by atoms with E-state index in [2.05, 4.69) is 0 Å². The number of phenolic OH excluding ortho intramolecular Hbond substituents is 1. The minimum atomic E-state index is -0.0710. The van der Waals surface area contributed by atoms with Crippen LogP contribution in [0, 0.1) is 5.92 Å². The third-order valence-electron chi connectivity index (χ3n) is 3.68. The summed E-state index contributed by atoms with van der Waals surface area (Å²) in [5, 5.41) is 9.39. The number of ketones is 1. The first-order chi connectivity index (χ1) is 9.11. The van der Waals surface area contributed by atoms with E-state index in [1.807, 2.05) is 6.92 Å². The van der Waals surface area contributed by atoms with Crippen LogP contribution in [0.1, 0.15) is 36.5 Å². The lowest BCUT2D eigenvalue weighted by Crippen LogP contribution is -2.40. The van der Waals surface area contributed by atoms with Crippen LogP contribution in [0.3, 0.4) is 0 Å². The van der Waals surface area contributed by atoms with E-state index in [4.69, 9.17) is 0 Å². The van der Waals surface area contributed by atoms with Crippen LogP contribution in [0.2, 0.25) is 0 Å². The van der Waals surface area contributed by atoms with Gasteiger partial charge in [0.25, 0.3) is 5.91 Å². The quantitative estimate of drug-likeness (QED) is 0.907. The third-order valence-corrected chi connectivity index (χ3v) is 3.68. The molecule has 1 aliphatic heterocycles. The second-order valence-corrected chi connectivity index (χ2v) is 4.94. The Morgan fingerprint density at radius 3 is 2.58 bits per heavy atom. The highest BCUT2D eigenvalue weighted by Gasteiger charge is 2.26. The van der Waals surface area contributed by atoms with Crippen molar-refractivity contribution < 1.29 is 14.7 Å². The summed E-state index contributed by atoms with van der Waals surface area (Å²) < 4.78 is 0. The molecule has 0 spiro atoms. The second-order valence-electron chi connectivity index (χ2n) is 4.94. The minimum Gasteiger partial charge on any atom is -0.508 e. The Balaban J connectivity index is 1.98. The number of rotatable bonds is 3. The first-order valence-corrected chi connectivity index (χ1v) is 6.73. The first kappa shape index (κ1) is 13.6. The summed E-state index contributed by atoms with van der Waals surface area (Å²) in [5.41, 5.74) is 0.500. The number of amides is 1. The van der Waals surface area contributed by atoms with Crippen LogP contribution in [0.5, 0.6) is 5.75 Å². The largest absolute Gasteiger partial charge is 0.508 e. The fourth-order valence-corrected chi connectivity index (χ4v) is 2.51. The standard InChI is InChI=1S/C15H19NO3/c1-2-14(18)11-6-8-16(9-7-11)15(19)12-4-3-5-13(17)10-12/h3-5,10-11,17H,2,6-9H2,1H3. The predicted molar refractivity (Wildman–Crippen MR) is 72.0 cm³/mol. The predicted octanol–water partition coefficient (Wildman–Crippen LogP) is 2.22. The van der Waals surface area contributed by atoms with Crippen molar-refractivity contribution in [2.45, 2.75) is 26.2 Å². The summed E-state index contributed by atoms with van der Waals surface area (Å²) >= 11 is 0. The zero-order valence-corrected chi connectivity index (χ0v) is 11.1. The van der Waals surface area contributed by atoms with Gasteiger partial charge < -0.3 is 10.0 Å². The van der Waals surface area contributed by atoms with E-state index >= 15 is 0 Å². The maximum Gasteiger partial charge on any atom is 0.253 e. The molecule has 1 aromatic rings. The Hall–Kier alpha value is -1.84. The van der Waals surface area contributed by atoms with Crippen LogP contribution in [0.25, 0.3) is 0 Å². The molecule has 2 rings (SSSR count). The Bertz CT molecular complexity index is 476. The lowest BCUT2D eigenvalue weighted by Gasteiger charge is -2.31. The molecule has 1 heterocycles. The van der Waals surface area contributed by atoms with Gasteiger partial charge >= 0.3 is 0 Å². The fourth-order valence-electron chi connectivity index (χ4n) is 2.51. The molecule has 1 saturated heterocycles. The molecule has 1 amide bonds. The van der Waals surface area contributed by atoms with Gasteiger partial charge in [0, 0.05) is 31.0 Å².